The molecule has 3 heterocycles. The zero-order valence-electron chi connectivity index (χ0n) is 23.3. The molecule has 1 aliphatic heterocycles. The van der Waals surface area contributed by atoms with E-state index in [0.29, 0.717) is 28.6 Å². The number of pyridine rings is 1. The molecule has 1 saturated heterocycles. The summed E-state index contributed by atoms with van der Waals surface area (Å²) in [6, 6.07) is 7.25. The van der Waals surface area contributed by atoms with Crippen LogP contribution in [0.15, 0.2) is 35.3 Å². The Morgan fingerprint density at radius 2 is 1.87 bits per heavy atom. The molecule has 3 aromatic rings. The van der Waals surface area contributed by atoms with E-state index in [1.54, 1.807) is 35.0 Å². The van der Waals surface area contributed by atoms with Gasteiger partial charge in [0, 0.05) is 38.3 Å². The molecule has 0 spiro atoms. The number of hydrogen-bond acceptors (Lipinski definition) is 7. The van der Waals surface area contributed by atoms with E-state index < -0.39 is 5.40 Å². The highest BCUT2D eigenvalue weighted by Gasteiger charge is 2.39. The quantitative estimate of drug-likeness (QED) is 0.403. The number of aromatic nitrogens is 3. The first-order valence-corrected chi connectivity index (χ1v) is 13.2. The number of ether oxygens (including phenoxy) is 1. The summed E-state index contributed by atoms with van der Waals surface area (Å²) in [6.07, 6.45) is 1.62. The lowest BCUT2D eigenvalue weighted by Crippen LogP contribution is -2.52. The molecule has 196 valence electrons. The monoisotopic (exact) mass is 532 g/mol. The average molecular weight is 532 g/mol. The summed E-state index contributed by atoms with van der Waals surface area (Å²) in [5, 5.41) is 6.07. The highest BCUT2D eigenvalue weighted by molar-refractivity contribution is 6.50. The predicted octanol–water partition coefficient (Wildman–Crippen LogP) is -0.755. The summed E-state index contributed by atoms with van der Waals surface area (Å²) in [6.45, 7) is 6.29. The summed E-state index contributed by atoms with van der Waals surface area (Å²) in [5.74, 6) is 1.87. The third kappa shape index (κ3) is 5.25. The van der Waals surface area contributed by atoms with Crippen LogP contribution in [0.25, 0.3) is 10.9 Å². The van der Waals surface area contributed by atoms with Crippen molar-refractivity contribution in [3.05, 3.63) is 45.8 Å². The first-order valence-electron chi connectivity index (χ1n) is 12.8. The summed E-state index contributed by atoms with van der Waals surface area (Å²) in [7, 11) is 11.1. The molecule has 2 atom stereocenters. The molecule has 0 saturated carbocycles. The second-order valence-electron chi connectivity index (χ2n) is 11.4. The number of carbonyl (C=O) groups is 1. The molecule has 1 aliphatic rings. The molecule has 2 aromatic heterocycles. The topological polar surface area (TPSA) is 101 Å². The summed E-state index contributed by atoms with van der Waals surface area (Å²) < 4.78 is 7.36. The number of carbonyl (C=O) groups excluding carboxylic acids is 1. The van der Waals surface area contributed by atoms with Gasteiger partial charge in [0.15, 0.2) is 27.3 Å². The molecule has 0 aliphatic carbocycles. The van der Waals surface area contributed by atoms with Gasteiger partial charge in [0.2, 0.25) is 11.9 Å². The number of halogens is 1. The smallest absolute Gasteiger partial charge is 0.293 e. The minimum absolute atomic E-state index is 0.0874. The second kappa shape index (κ2) is 10.2. The molecule has 1 aromatic carbocycles. The number of amides is 1. The van der Waals surface area contributed by atoms with Gasteiger partial charge in [0.25, 0.3) is 5.56 Å². The van der Waals surface area contributed by atoms with Crippen molar-refractivity contribution in [2.45, 2.75) is 24.5 Å². The van der Waals surface area contributed by atoms with E-state index in [1.165, 1.54) is 11.6 Å². The van der Waals surface area contributed by atoms with Gasteiger partial charge in [-0.1, -0.05) is 30.7 Å². The second-order valence-corrected chi connectivity index (χ2v) is 11.8. The maximum atomic E-state index is 12.9. The van der Waals surface area contributed by atoms with Crippen LogP contribution in [0.3, 0.4) is 0 Å². The number of nitrogens with zero attached hydrogens (tertiary/aromatic N) is 4. The van der Waals surface area contributed by atoms with E-state index >= 15 is 0 Å². The number of rotatable bonds is 6. The fourth-order valence-electron chi connectivity index (χ4n) is 4.82. The van der Waals surface area contributed by atoms with Crippen molar-refractivity contribution in [1.82, 2.24) is 19.9 Å². The summed E-state index contributed by atoms with van der Waals surface area (Å²) in [4.78, 5) is 36.6. The minimum atomic E-state index is -1.21. The van der Waals surface area contributed by atoms with E-state index in [2.05, 4.69) is 50.1 Å². The molecule has 2 N–H and O–H groups in total. The zero-order chi connectivity index (χ0) is 28.0. The predicted molar refractivity (Wildman–Crippen MR) is 164 cm³/mol. The molecule has 9 nitrogen and oxygen atoms in total. The molecule has 4 rings (SSSR count). The van der Waals surface area contributed by atoms with Crippen LogP contribution in [-0.2, 0) is 11.8 Å². The number of likely N-dealkylation sites (N-methyl/N-ethyl adjacent to an activating group) is 1. The molecule has 38 heavy (non-hydrogen) atoms. The van der Waals surface area contributed by atoms with Gasteiger partial charge in [-0.2, -0.15) is 4.98 Å². The van der Waals surface area contributed by atoms with E-state index in [4.69, 9.17) is 21.3 Å². The molecule has 14 heteroatoms. The lowest BCUT2D eigenvalue weighted by atomic mass is 9.42. The number of benzene rings is 1. The molecule has 0 bridgehead atoms. The Hall–Kier alpha value is -3.07. The van der Waals surface area contributed by atoms with Gasteiger partial charge < -0.3 is 24.8 Å². The Morgan fingerprint density at radius 1 is 1.21 bits per heavy atom. The number of piperidine rings is 1. The average Bonchev–Trinajstić information content (AvgIpc) is 2.86. The van der Waals surface area contributed by atoms with E-state index in [1.807, 2.05) is 18.2 Å². The van der Waals surface area contributed by atoms with Crippen molar-refractivity contribution in [3.8, 4) is 5.75 Å². The third-order valence-electron chi connectivity index (χ3n) is 8.14. The summed E-state index contributed by atoms with van der Waals surface area (Å²) in [5.41, 5.74) is 1.13. The standard InChI is InChI=1S/C24H33B4ClN6O3/c1-12-10-35(11-13(2)23(12,25)26)22-31-9-16(29)19(33-22)32-15-5-6-17-14(7-15)8-18(20(36)34(17)4)38-24(27,28)21(37)30-3/h5-9,12-13H,10-11,25-28H2,1-4H3,(H,30,37)(H,31,32,33)/t12-,13+. The Labute approximate surface area is 231 Å². The molecular weight excluding hydrogens is 499 g/mol. The van der Waals surface area contributed by atoms with Crippen LogP contribution in [0.1, 0.15) is 13.8 Å². The summed E-state index contributed by atoms with van der Waals surface area (Å²) >= 11 is 6.48. The van der Waals surface area contributed by atoms with Gasteiger partial charge in [-0.05, 0) is 36.1 Å². The minimum Gasteiger partial charge on any atom is -0.491 e. The van der Waals surface area contributed by atoms with Gasteiger partial charge in [-0.15, -0.1) is 0 Å². The van der Waals surface area contributed by atoms with Crippen molar-refractivity contribution in [2.24, 2.45) is 18.9 Å². The van der Waals surface area contributed by atoms with Gasteiger partial charge in [-0.25, -0.2) is 4.98 Å². The van der Waals surface area contributed by atoms with Crippen LogP contribution >= 0.6 is 11.6 Å². The molecule has 1 fully saturated rings. The van der Waals surface area contributed by atoms with Crippen molar-refractivity contribution in [2.75, 3.05) is 30.4 Å². The van der Waals surface area contributed by atoms with Gasteiger partial charge in [0.1, 0.15) is 26.1 Å². The number of hydrogen-bond donors (Lipinski definition) is 2. The number of anilines is 3. The maximum Gasteiger partial charge on any atom is 0.293 e. The lowest BCUT2D eigenvalue weighted by Gasteiger charge is -2.47. The number of aryl methyl sites for hydroxylation is 1. The van der Waals surface area contributed by atoms with Crippen LogP contribution in [-0.4, -0.2) is 77.4 Å². The first kappa shape index (κ1) is 28.0. The highest BCUT2D eigenvalue weighted by Crippen LogP contribution is 2.42. The van der Waals surface area contributed by atoms with Gasteiger partial charge in [-0.3, -0.25) is 9.59 Å². The van der Waals surface area contributed by atoms with E-state index in [9.17, 15) is 9.59 Å². The molecule has 0 radical (unpaired) electrons. The van der Waals surface area contributed by atoms with Crippen molar-refractivity contribution in [3.63, 3.8) is 0 Å². The Balaban J connectivity index is 1.65. The van der Waals surface area contributed by atoms with E-state index in [0.717, 1.165) is 29.7 Å². The van der Waals surface area contributed by atoms with Crippen molar-refractivity contribution >= 4 is 77.2 Å². The Morgan fingerprint density at radius 3 is 2.50 bits per heavy atom. The lowest BCUT2D eigenvalue weighted by molar-refractivity contribution is -0.126. The van der Waals surface area contributed by atoms with Gasteiger partial charge in [0.05, 0.1) is 11.7 Å². The van der Waals surface area contributed by atoms with Crippen LogP contribution in [0.5, 0.6) is 5.75 Å². The normalized spacial score (nSPS) is 19.2. The van der Waals surface area contributed by atoms with Crippen LogP contribution < -0.4 is 25.8 Å². The van der Waals surface area contributed by atoms with E-state index in [-0.39, 0.29) is 22.4 Å². The number of nitrogens with one attached hydrogen (secondary N) is 2. The molecule has 0 unspecified atom stereocenters. The third-order valence-corrected chi connectivity index (χ3v) is 8.41. The zero-order valence-corrected chi connectivity index (χ0v) is 24.1. The molecular formula is C24H33B4ClN6O3. The first-order chi connectivity index (χ1) is 17.7. The highest BCUT2D eigenvalue weighted by atomic mass is 35.5. The van der Waals surface area contributed by atoms with Crippen LogP contribution in [0, 0.1) is 11.8 Å². The maximum absolute atomic E-state index is 12.9. The Kier molecular flexibility index (Phi) is 7.54. The van der Waals surface area contributed by atoms with Gasteiger partial charge >= 0.3 is 0 Å². The number of fused-ring (bicyclic) bond motifs is 1. The van der Waals surface area contributed by atoms with Crippen molar-refractivity contribution < 1.29 is 9.53 Å². The largest absolute Gasteiger partial charge is 0.491 e. The van der Waals surface area contributed by atoms with Crippen LogP contribution in [0.2, 0.25) is 10.2 Å². The van der Waals surface area contributed by atoms with Crippen LogP contribution in [0.4, 0.5) is 17.5 Å². The fourth-order valence-corrected chi connectivity index (χ4v) is 4.95. The molecule has 1 amide bonds. The fraction of sp³-hybridized carbons (Fsp3) is 0.417. The SMILES string of the molecule is BC(B)(Oc1cc2cc(Nc3nc(N4C[C@@H](C)C(B)(B)[C@@H](C)C4)ncc3Cl)ccc2n(C)c1=O)C(=O)NC. The Bertz CT molecular complexity index is 1440. The van der Waals surface area contributed by atoms with Crippen molar-refractivity contribution in [1.29, 1.82) is 0 Å².